The molecule has 1 aromatic rings. The Morgan fingerprint density at radius 3 is 2.48 bits per heavy atom. The van der Waals surface area contributed by atoms with E-state index in [1.807, 2.05) is 4.90 Å². The summed E-state index contributed by atoms with van der Waals surface area (Å²) in [5.41, 5.74) is -0.738. The number of aromatic nitrogens is 1. The number of nitrogens with one attached hydrogen (secondary N) is 1. The maximum absolute atomic E-state index is 12.6. The molecule has 1 saturated heterocycles. The van der Waals surface area contributed by atoms with E-state index in [2.05, 4.69) is 22.1 Å². The zero-order chi connectivity index (χ0) is 19.4. The summed E-state index contributed by atoms with van der Waals surface area (Å²) in [4.78, 5) is 20.3. The van der Waals surface area contributed by atoms with Gasteiger partial charge in [0, 0.05) is 38.4 Å². The van der Waals surface area contributed by atoms with Gasteiger partial charge < -0.3 is 10.2 Å². The summed E-state index contributed by atoms with van der Waals surface area (Å²) in [5, 5.41) is 3.17. The van der Waals surface area contributed by atoms with Crippen LogP contribution in [0.5, 0.6) is 0 Å². The van der Waals surface area contributed by atoms with E-state index in [0.29, 0.717) is 44.5 Å². The highest BCUT2D eigenvalue weighted by Crippen LogP contribution is 2.29. The van der Waals surface area contributed by atoms with Gasteiger partial charge in [0.1, 0.15) is 5.82 Å². The first-order chi connectivity index (χ1) is 12.8. The molecule has 27 heavy (non-hydrogen) atoms. The predicted octanol–water partition coefficient (Wildman–Crippen LogP) is 2.92. The fraction of sp³-hybridized carbons (Fsp3) is 0.684. The number of carbonyl (C=O) groups excluding carboxylic acids is 1. The van der Waals surface area contributed by atoms with Gasteiger partial charge in [-0.25, -0.2) is 4.98 Å². The van der Waals surface area contributed by atoms with Crippen molar-refractivity contribution in [2.24, 2.45) is 5.92 Å². The molecule has 0 unspecified atom stereocenters. The molecule has 0 radical (unpaired) electrons. The maximum Gasteiger partial charge on any atom is 0.417 e. The predicted molar refractivity (Wildman–Crippen MR) is 97.5 cm³/mol. The first kappa shape index (κ1) is 19.9. The van der Waals surface area contributed by atoms with Crippen molar-refractivity contribution in [3.8, 4) is 0 Å². The summed E-state index contributed by atoms with van der Waals surface area (Å²) in [5.74, 6) is 1.14. The van der Waals surface area contributed by atoms with Crippen molar-refractivity contribution in [2.75, 3.05) is 37.6 Å². The summed E-state index contributed by atoms with van der Waals surface area (Å²) >= 11 is 0. The van der Waals surface area contributed by atoms with Gasteiger partial charge >= 0.3 is 6.18 Å². The second-order valence-electron chi connectivity index (χ2n) is 7.60. The van der Waals surface area contributed by atoms with Crippen LogP contribution < -0.4 is 10.2 Å². The van der Waals surface area contributed by atoms with Crippen LogP contribution in [-0.4, -0.2) is 54.6 Å². The van der Waals surface area contributed by atoms with E-state index >= 15 is 0 Å². The third kappa shape index (κ3) is 5.34. The van der Waals surface area contributed by atoms with E-state index in [1.54, 1.807) is 0 Å². The van der Waals surface area contributed by atoms with E-state index in [4.69, 9.17) is 0 Å². The van der Waals surface area contributed by atoms with Crippen molar-refractivity contribution in [3.05, 3.63) is 23.9 Å². The van der Waals surface area contributed by atoms with E-state index in [-0.39, 0.29) is 11.9 Å². The Labute approximate surface area is 157 Å². The number of hydrogen-bond acceptors (Lipinski definition) is 4. The molecule has 1 N–H and O–H groups in total. The molecule has 0 bridgehead atoms. The molecule has 1 amide bonds. The first-order valence-electron chi connectivity index (χ1n) is 9.63. The third-order valence-electron chi connectivity index (χ3n) is 5.60. The Morgan fingerprint density at radius 2 is 1.89 bits per heavy atom. The van der Waals surface area contributed by atoms with Crippen LogP contribution in [0.15, 0.2) is 18.3 Å². The van der Waals surface area contributed by atoms with Crippen LogP contribution in [-0.2, 0) is 11.0 Å². The minimum Gasteiger partial charge on any atom is -0.354 e. The average Bonchev–Trinajstić information content (AvgIpc) is 2.64. The molecule has 2 atom stereocenters. The number of halogens is 3. The molecule has 2 aliphatic rings. The fourth-order valence-corrected chi connectivity index (χ4v) is 3.86. The van der Waals surface area contributed by atoms with Gasteiger partial charge in [-0.1, -0.05) is 19.8 Å². The molecule has 1 aliphatic carbocycles. The van der Waals surface area contributed by atoms with E-state index in [9.17, 15) is 18.0 Å². The number of amides is 1. The molecule has 2 fully saturated rings. The number of rotatable bonds is 4. The van der Waals surface area contributed by atoms with Gasteiger partial charge in [-0.2, -0.15) is 13.2 Å². The molecule has 1 aliphatic heterocycles. The highest BCUT2D eigenvalue weighted by molar-refractivity contribution is 5.78. The number of piperazine rings is 1. The van der Waals surface area contributed by atoms with Gasteiger partial charge in [0.25, 0.3) is 0 Å². The van der Waals surface area contributed by atoms with Gasteiger partial charge in [-0.3, -0.25) is 9.69 Å². The van der Waals surface area contributed by atoms with Crippen molar-refractivity contribution < 1.29 is 18.0 Å². The van der Waals surface area contributed by atoms with Gasteiger partial charge in [-0.15, -0.1) is 0 Å². The molecule has 1 aromatic heterocycles. The lowest BCUT2D eigenvalue weighted by atomic mass is 9.86. The van der Waals surface area contributed by atoms with Gasteiger partial charge in [0.2, 0.25) is 5.91 Å². The molecule has 2 heterocycles. The van der Waals surface area contributed by atoms with Crippen LogP contribution in [0.2, 0.25) is 0 Å². The topological polar surface area (TPSA) is 48.5 Å². The molecule has 3 rings (SSSR count). The zero-order valence-corrected chi connectivity index (χ0v) is 15.6. The maximum atomic E-state index is 12.6. The standard InChI is InChI=1S/C19H27F3N4O/c1-14-4-2-3-5-16(14)24-18(27)13-25-8-10-26(11-9-25)17-7-6-15(12-23-17)19(20,21)22/h6-7,12,14,16H,2-5,8-11,13H2,1H3,(H,24,27)/t14-,16-/m1/s1. The second kappa shape index (κ2) is 8.46. The molecule has 0 spiro atoms. The van der Waals surface area contributed by atoms with Crippen molar-refractivity contribution >= 4 is 11.7 Å². The van der Waals surface area contributed by atoms with Gasteiger partial charge in [0.15, 0.2) is 0 Å². The minimum absolute atomic E-state index is 0.0647. The minimum atomic E-state index is -4.37. The summed E-state index contributed by atoms with van der Waals surface area (Å²) in [6.45, 7) is 5.24. The Hall–Kier alpha value is -1.83. The molecular weight excluding hydrogens is 357 g/mol. The van der Waals surface area contributed by atoms with Gasteiger partial charge in [0.05, 0.1) is 12.1 Å². The summed E-state index contributed by atoms with van der Waals surface area (Å²) in [6.07, 6.45) is 1.15. The Morgan fingerprint density at radius 1 is 1.19 bits per heavy atom. The van der Waals surface area contributed by atoms with Crippen molar-refractivity contribution in [1.29, 1.82) is 0 Å². The van der Waals surface area contributed by atoms with E-state index < -0.39 is 11.7 Å². The quantitative estimate of drug-likeness (QED) is 0.867. The number of anilines is 1. The SMILES string of the molecule is C[C@@H]1CCCC[C@H]1NC(=O)CN1CCN(c2ccc(C(F)(F)F)cn2)CC1. The van der Waals surface area contributed by atoms with Crippen LogP contribution in [0, 0.1) is 5.92 Å². The summed E-state index contributed by atoms with van der Waals surface area (Å²) in [6, 6.07) is 2.76. The fourth-order valence-electron chi connectivity index (χ4n) is 3.86. The third-order valence-corrected chi connectivity index (χ3v) is 5.60. The van der Waals surface area contributed by atoms with Crippen LogP contribution in [0.25, 0.3) is 0 Å². The molecule has 1 saturated carbocycles. The monoisotopic (exact) mass is 384 g/mol. The van der Waals surface area contributed by atoms with Crippen LogP contribution >= 0.6 is 0 Å². The van der Waals surface area contributed by atoms with Crippen LogP contribution in [0.4, 0.5) is 19.0 Å². The van der Waals surface area contributed by atoms with E-state index in [0.717, 1.165) is 18.7 Å². The lowest BCUT2D eigenvalue weighted by molar-refractivity contribution is -0.137. The van der Waals surface area contributed by atoms with Crippen LogP contribution in [0.3, 0.4) is 0 Å². The number of nitrogens with zero attached hydrogens (tertiary/aromatic N) is 3. The lowest BCUT2D eigenvalue weighted by Gasteiger charge is -2.36. The van der Waals surface area contributed by atoms with Gasteiger partial charge in [-0.05, 0) is 30.9 Å². The molecule has 150 valence electrons. The average molecular weight is 384 g/mol. The number of carbonyl (C=O) groups is 1. The Bertz CT molecular complexity index is 627. The highest BCUT2D eigenvalue weighted by Gasteiger charge is 2.31. The largest absolute Gasteiger partial charge is 0.417 e. The van der Waals surface area contributed by atoms with Crippen LogP contribution in [0.1, 0.15) is 38.2 Å². The zero-order valence-electron chi connectivity index (χ0n) is 15.6. The summed E-state index contributed by atoms with van der Waals surface area (Å²) < 4.78 is 37.9. The number of pyridine rings is 1. The number of hydrogen-bond donors (Lipinski definition) is 1. The lowest BCUT2D eigenvalue weighted by Crippen LogP contribution is -2.51. The number of alkyl halides is 3. The van der Waals surface area contributed by atoms with Crippen molar-refractivity contribution in [1.82, 2.24) is 15.2 Å². The second-order valence-corrected chi connectivity index (χ2v) is 7.60. The molecular formula is C19H27F3N4O. The Balaban J connectivity index is 1.45. The normalized spacial score (nSPS) is 24.7. The summed E-state index contributed by atoms with van der Waals surface area (Å²) in [7, 11) is 0. The van der Waals surface area contributed by atoms with E-state index in [1.165, 1.54) is 25.3 Å². The van der Waals surface area contributed by atoms with Crippen molar-refractivity contribution in [2.45, 2.75) is 44.8 Å². The molecule has 5 nitrogen and oxygen atoms in total. The molecule has 0 aromatic carbocycles. The highest BCUT2D eigenvalue weighted by atomic mass is 19.4. The molecule has 8 heteroatoms. The Kier molecular flexibility index (Phi) is 6.24. The first-order valence-corrected chi connectivity index (χ1v) is 9.63. The van der Waals surface area contributed by atoms with Crippen molar-refractivity contribution in [3.63, 3.8) is 0 Å². The smallest absolute Gasteiger partial charge is 0.354 e.